The maximum atomic E-state index is 13.8. The number of hydrogen-bond acceptors (Lipinski definition) is 3. The Morgan fingerprint density at radius 2 is 1.91 bits per heavy atom. The van der Waals surface area contributed by atoms with Crippen LogP contribution in [0.15, 0.2) is 48.5 Å². The Kier molecular flexibility index (Phi) is 3.97. The van der Waals surface area contributed by atoms with E-state index in [0.29, 0.717) is 0 Å². The number of amides is 1. The van der Waals surface area contributed by atoms with Crippen LogP contribution in [0.5, 0.6) is 0 Å². The van der Waals surface area contributed by atoms with Crippen LogP contribution in [0.25, 0.3) is 0 Å². The Morgan fingerprint density at radius 3 is 2.61 bits per heavy atom. The summed E-state index contributed by atoms with van der Waals surface area (Å²) < 4.78 is 19.0. The lowest BCUT2D eigenvalue weighted by molar-refractivity contribution is -0.138. The monoisotopic (exact) mass is 315 g/mol. The fourth-order valence-electron chi connectivity index (χ4n) is 2.64. The van der Waals surface area contributed by atoms with Gasteiger partial charge in [-0.3, -0.25) is 4.90 Å². The number of halogens is 1. The van der Waals surface area contributed by atoms with E-state index in [9.17, 15) is 19.1 Å². The molecule has 0 aliphatic carbocycles. The van der Waals surface area contributed by atoms with Crippen LogP contribution in [0.3, 0.4) is 0 Å². The van der Waals surface area contributed by atoms with E-state index in [1.165, 1.54) is 18.2 Å². The van der Waals surface area contributed by atoms with Crippen LogP contribution < -0.4 is 4.90 Å². The minimum atomic E-state index is -1.20. The van der Waals surface area contributed by atoms with E-state index >= 15 is 0 Å². The zero-order chi connectivity index (χ0) is 16.4. The van der Waals surface area contributed by atoms with Crippen LogP contribution in [-0.2, 0) is 22.6 Å². The first-order chi connectivity index (χ1) is 11.1. The van der Waals surface area contributed by atoms with Gasteiger partial charge in [0.25, 0.3) is 0 Å². The number of anilines is 1. The van der Waals surface area contributed by atoms with Crippen molar-refractivity contribution in [2.45, 2.75) is 19.1 Å². The van der Waals surface area contributed by atoms with Gasteiger partial charge in [0.2, 0.25) is 0 Å². The van der Waals surface area contributed by atoms with Crippen LogP contribution in [-0.4, -0.2) is 23.2 Å². The number of nitrogens with zero attached hydrogens (tertiary/aromatic N) is 1. The van der Waals surface area contributed by atoms with Gasteiger partial charge in [-0.25, -0.2) is 14.0 Å². The topological polar surface area (TPSA) is 66.8 Å². The molecular weight excluding hydrogens is 301 g/mol. The lowest BCUT2D eigenvalue weighted by Gasteiger charge is -2.22. The molecule has 5 nitrogen and oxygen atoms in total. The predicted molar refractivity (Wildman–Crippen MR) is 80.6 cm³/mol. The van der Waals surface area contributed by atoms with Gasteiger partial charge in [0, 0.05) is 12.0 Å². The van der Waals surface area contributed by atoms with Crippen molar-refractivity contribution in [1.29, 1.82) is 0 Å². The number of aliphatic carboxylic acids is 1. The molecule has 3 rings (SSSR count). The van der Waals surface area contributed by atoms with Crippen molar-refractivity contribution in [3.8, 4) is 0 Å². The third kappa shape index (κ3) is 2.88. The van der Waals surface area contributed by atoms with E-state index in [4.69, 9.17) is 4.74 Å². The second-order valence-electron chi connectivity index (χ2n) is 5.21. The number of hydrogen-bond donors (Lipinski definition) is 1. The van der Waals surface area contributed by atoms with E-state index in [-0.39, 0.29) is 24.3 Å². The van der Waals surface area contributed by atoms with Crippen LogP contribution in [0.1, 0.15) is 11.1 Å². The molecule has 0 saturated heterocycles. The Hall–Kier alpha value is -2.89. The van der Waals surface area contributed by atoms with Gasteiger partial charge in [-0.1, -0.05) is 36.4 Å². The average Bonchev–Trinajstić information content (AvgIpc) is 2.95. The Morgan fingerprint density at radius 1 is 1.17 bits per heavy atom. The highest BCUT2D eigenvalue weighted by atomic mass is 19.1. The molecular formula is C17H14FNO4. The molecule has 23 heavy (non-hydrogen) atoms. The number of carbonyl (C=O) groups is 2. The maximum absolute atomic E-state index is 13.8. The summed E-state index contributed by atoms with van der Waals surface area (Å²) in [4.78, 5) is 24.7. The minimum absolute atomic E-state index is 0.0210. The normalized spacial score (nSPS) is 16.0. The van der Waals surface area contributed by atoms with Crippen molar-refractivity contribution >= 4 is 17.7 Å². The standard InChI is InChI=1S/C17H14FNO4/c18-13-7-4-8-14-12(13)9-15(16(20)21)19(14)17(22)23-10-11-5-2-1-3-6-11/h1-8,15H,9-10H2,(H,20,21). The van der Waals surface area contributed by atoms with Gasteiger partial charge in [-0.05, 0) is 17.7 Å². The lowest BCUT2D eigenvalue weighted by Crippen LogP contribution is -2.43. The highest BCUT2D eigenvalue weighted by Crippen LogP contribution is 2.34. The van der Waals surface area contributed by atoms with Crippen molar-refractivity contribution in [2.24, 2.45) is 0 Å². The zero-order valence-electron chi connectivity index (χ0n) is 12.1. The first-order valence-electron chi connectivity index (χ1n) is 7.08. The summed E-state index contributed by atoms with van der Waals surface area (Å²) in [6.45, 7) is 0.0210. The Labute approximate surface area is 131 Å². The van der Waals surface area contributed by atoms with Crippen LogP contribution >= 0.6 is 0 Å². The zero-order valence-corrected chi connectivity index (χ0v) is 12.1. The van der Waals surface area contributed by atoms with E-state index in [2.05, 4.69) is 0 Å². The van der Waals surface area contributed by atoms with Gasteiger partial charge in [0.15, 0.2) is 0 Å². The second kappa shape index (κ2) is 6.08. The summed E-state index contributed by atoms with van der Waals surface area (Å²) in [6, 6.07) is 12.1. The van der Waals surface area contributed by atoms with Crippen LogP contribution in [0, 0.1) is 5.82 Å². The number of ether oxygens (including phenoxy) is 1. The fraction of sp³-hybridized carbons (Fsp3) is 0.176. The fourth-order valence-corrected chi connectivity index (χ4v) is 2.64. The summed E-state index contributed by atoms with van der Waals surface area (Å²) in [5.41, 5.74) is 1.25. The first kappa shape index (κ1) is 15.0. The largest absolute Gasteiger partial charge is 0.480 e. The number of carbonyl (C=O) groups excluding carboxylic acids is 1. The summed E-state index contributed by atoms with van der Waals surface area (Å²) in [5, 5.41) is 9.31. The van der Waals surface area contributed by atoms with Gasteiger partial charge in [-0.2, -0.15) is 0 Å². The third-order valence-electron chi connectivity index (χ3n) is 3.75. The molecule has 0 bridgehead atoms. The molecule has 2 aromatic rings. The van der Waals surface area contributed by atoms with Gasteiger partial charge >= 0.3 is 12.1 Å². The quantitative estimate of drug-likeness (QED) is 0.945. The minimum Gasteiger partial charge on any atom is -0.480 e. The lowest BCUT2D eigenvalue weighted by atomic mass is 10.1. The molecule has 1 heterocycles. The van der Waals surface area contributed by atoms with Crippen molar-refractivity contribution in [2.75, 3.05) is 4.90 Å². The highest BCUT2D eigenvalue weighted by molar-refractivity contribution is 5.98. The molecule has 0 radical (unpaired) electrons. The maximum Gasteiger partial charge on any atom is 0.415 e. The van der Waals surface area contributed by atoms with E-state index in [1.807, 2.05) is 18.2 Å². The molecule has 1 aliphatic heterocycles. The Bertz CT molecular complexity index is 748. The third-order valence-corrected chi connectivity index (χ3v) is 3.75. The molecule has 1 aliphatic rings. The molecule has 0 fully saturated rings. The van der Waals surface area contributed by atoms with Gasteiger partial charge in [0.1, 0.15) is 18.5 Å². The first-order valence-corrected chi connectivity index (χ1v) is 7.08. The van der Waals surface area contributed by atoms with Crippen LogP contribution in [0.4, 0.5) is 14.9 Å². The molecule has 1 N–H and O–H groups in total. The number of fused-ring (bicyclic) bond motifs is 1. The average molecular weight is 315 g/mol. The molecule has 0 saturated carbocycles. The predicted octanol–water partition coefficient (Wildman–Crippen LogP) is 2.98. The molecule has 0 spiro atoms. The molecule has 2 aromatic carbocycles. The second-order valence-corrected chi connectivity index (χ2v) is 5.21. The number of carboxylic acids is 1. The van der Waals surface area contributed by atoms with Gasteiger partial charge in [0.05, 0.1) is 5.69 Å². The summed E-state index contributed by atoms with van der Waals surface area (Å²) in [7, 11) is 0. The number of carboxylic acid groups (broad SMARTS) is 1. The number of rotatable bonds is 3. The highest BCUT2D eigenvalue weighted by Gasteiger charge is 2.40. The van der Waals surface area contributed by atoms with Crippen molar-refractivity contribution in [3.63, 3.8) is 0 Å². The van der Waals surface area contributed by atoms with E-state index < -0.39 is 23.9 Å². The molecule has 1 atom stereocenters. The molecule has 118 valence electrons. The molecule has 1 amide bonds. The van der Waals surface area contributed by atoms with Crippen molar-refractivity contribution in [1.82, 2.24) is 0 Å². The SMILES string of the molecule is O=C(O)C1Cc2c(F)cccc2N1C(=O)OCc1ccccc1. The van der Waals surface area contributed by atoms with Gasteiger partial charge < -0.3 is 9.84 Å². The Balaban J connectivity index is 1.83. The summed E-state index contributed by atoms with van der Waals surface area (Å²) >= 11 is 0. The molecule has 1 unspecified atom stereocenters. The summed E-state index contributed by atoms with van der Waals surface area (Å²) in [5.74, 6) is -1.72. The number of benzene rings is 2. The summed E-state index contributed by atoms with van der Waals surface area (Å²) in [6.07, 6.45) is -0.872. The van der Waals surface area contributed by atoms with E-state index in [0.717, 1.165) is 10.5 Å². The molecule has 6 heteroatoms. The van der Waals surface area contributed by atoms with Gasteiger partial charge in [-0.15, -0.1) is 0 Å². The van der Waals surface area contributed by atoms with E-state index in [1.54, 1.807) is 12.1 Å². The smallest absolute Gasteiger partial charge is 0.415 e. The van der Waals surface area contributed by atoms with Crippen LogP contribution in [0.2, 0.25) is 0 Å². The van der Waals surface area contributed by atoms with Crippen molar-refractivity contribution < 1.29 is 23.8 Å². The van der Waals surface area contributed by atoms with Crippen molar-refractivity contribution in [3.05, 3.63) is 65.5 Å². The molecule has 0 aromatic heterocycles.